The van der Waals surface area contributed by atoms with Crippen molar-refractivity contribution in [1.29, 1.82) is 0 Å². The van der Waals surface area contributed by atoms with Gasteiger partial charge in [-0.05, 0) is 44.7 Å². The first-order valence-electron chi connectivity index (χ1n) is 9.38. The van der Waals surface area contributed by atoms with Crippen LogP contribution in [0.15, 0.2) is 22.8 Å². The highest BCUT2D eigenvalue weighted by atomic mass is 16.3. The molecule has 3 heterocycles. The molecule has 130 valence electrons. The highest BCUT2D eigenvalue weighted by Gasteiger charge is 2.23. The number of hydrogen-bond donors (Lipinski definition) is 1. The molecule has 5 nitrogen and oxygen atoms in total. The Balaban J connectivity index is 1.41. The summed E-state index contributed by atoms with van der Waals surface area (Å²) in [6.45, 7) is 4.93. The predicted octanol–water partition coefficient (Wildman–Crippen LogP) is 3.25. The molecule has 0 unspecified atom stereocenters. The number of rotatable bonds is 6. The number of carbonyl (C=O) groups is 1. The molecule has 0 atom stereocenters. The van der Waals surface area contributed by atoms with Gasteiger partial charge < -0.3 is 19.2 Å². The van der Waals surface area contributed by atoms with Gasteiger partial charge in [-0.3, -0.25) is 4.79 Å². The van der Waals surface area contributed by atoms with Crippen LogP contribution in [0.5, 0.6) is 0 Å². The lowest BCUT2D eigenvalue weighted by Gasteiger charge is -2.27. The highest BCUT2D eigenvalue weighted by Crippen LogP contribution is 2.31. The number of furan rings is 1. The summed E-state index contributed by atoms with van der Waals surface area (Å²) in [4.78, 5) is 15.1. The minimum Gasteiger partial charge on any atom is -0.463 e. The van der Waals surface area contributed by atoms with Gasteiger partial charge >= 0.3 is 0 Å². The molecule has 0 radical (unpaired) electrons. The van der Waals surface area contributed by atoms with Crippen LogP contribution in [-0.2, 0) is 6.54 Å². The monoisotopic (exact) mass is 329 g/mol. The Morgan fingerprint density at radius 3 is 2.79 bits per heavy atom. The van der Waals surface area contributed by atoms with Gasteiger partial charge in [0, 0.05) is 31.8 Å². The Hall–Kier alpha value is -1.75. The average molecular weight is 329 g/mol. The van der Waals surface area contributed by atoms with Gasteiger partial charge in [-0.1, -0.05) is 12.8 Å². The fourth-order valence-electron chi connectivity index (χ4n) is 3.90. The van der Waals surface area contributed by atoms with Crippen molar-refractivity contribution in [2.75, 3.05) is 26.2 Å². The Labute approximate surface area is 143 Å². The molecule has 0 bridgehead atoms. The third-order valence-electron chi connectivity index (χ3n) is 5.58. The van der Waals surface area contributed by atoms with E-state index in [0.29, 0.717) is 5.92 Å². The number of likely N-dealkylation sites (tertiary alicyclic amines) is 1. The lowest BCUT2D eigenvalue weighted by molar-refractivity contribution is 0.0935. The normalized spacial score (nSPS) is 19.5. The number of fused-ring (bicyclic) bond motifs is 1. The summed E-state index contributed by atoms with van der Waals surface area (Å²) in [5.74, 6) is 0.730. The fraction of sp³-hybridized carbons (Fsp3) is 0.632. The standard InChI is InChI=1S/C19H27N3O2/c23-19(20-8-11-21-9-2-1-3-10-21)17-13-18-16(7-12-24-18)22(17)14-15-5-4-6-15/h7,12-13,15H,1-6,8-11,14H2,(H,20,23). The summed E-state index contributed by atoms with van der Waals surface area (Å²) in [6.07, 6.45) is 9.48. The smallest absolute Gasteiger partial charge is 0.268 e. The van der Waals surface area contributed by atoms with E-state index < -0.39 is 0 Å². The number of carbonyl (C=O) groups excluding carboxylic acids is 1. The second kappa shape index (κ2) is 7.01. The van der Waals surface area contributed by atoms with Gasteiger partial charge in [0.15, 0.2) is 5.58 Å². The second-order valence-electron chi connectivity index (χ2n) is 7.27. The third kappa shape index (κ3) is 3.22. The van der Waals surface area contributed by atoms with Crippen LogP contribution in [-0.4, -0.2) is 41.6 Å². The van der Waals surface area contributed by atoms with Crippen molar-refractivity contribution >= 4 is 17.0 Å². The molecule has 1 aliphatic carbocycles. The summed E-state index contributed by atoms with van der Waals surface area (Å²) in [5, 5.41) is 3.10. The van der Waals surface area contributed by atoms with Crippen LogP contribution in [0.1, 0.15) is 49.0 Å². The van der Waals surface area contributed by atoms with Gasteiger partial charge in [-0.15, -0.1) is 0 Å². The summed E-state index contributed by atoms with van der Waals surface area (Å²) >= 11 is 0. The van der Waals surface area contributed by atoms with E-state index in [9.17, 15) is 4.79 Å². The molecule has 1 N–H and O–H groups in total. The maximum Gasteiger partial charge on any atom is 0.268 e. The summed E-state index contributed by atoms with van der Waals surface area (Å²) in [6, 6.07) is 3.86. The molecule has 2 aromatic heterocycles. The van der Waals surface area contributed by atoms with Crippen molar-refractivity contribution in [2.24, 2.45) is 5.92 Å². The maximum absolute atomic E-state index is 12.7. The van der Waals surface area contributed by atoms with E-state index in [4.69, 9.17) is 4.42 Å². The Bertz CT molecular complexity index is 693. The molecular formula is C19H27N3O2. The topological polar surface area (TPSA) is 50.4 Å². The van der Waals surface area contributed by atoms with E-state index in [1.807, 2.05) is 12.1 Å². The lowest BCUT2D eigenvalue weighted by atomic mass is 9.85. The van der Waals surface area contributed by atoms with Crippen molar-refractivity contribution in [3.8, 4) is 0 Å². The van der Waals surface area contributed by atoms with Crippen LogP contribution in [0.3, 0.4) is 0 Å². The van der Waals surface area contributed by atoms with E-state index in [2.05, 4.69) is 14.8 Å². The zero-order valence-electron chi connectivity index (χ0n) is 14.3. The number of hydrogen-bond acceptors (Lipinski definition) is 3. The summed E-state index contributed by atoms with van der Waals surface area (Å²) < 4.78 is 7.66. The van der Waals surface area contributed by atoms with Crippen molar-refractivity contribution in [2.45, 2.75) is 45.1 Å². The molecule has 5 heteroatoms. The quantitative estimate of drug-likeness (QED) is 0.885. The van der Waals surface area contributed by atoms with Crippen molar-refractivity contribution in [1.82, 2.24) is 14.8 Å². The molecule has 2 aromatic rings. The predicted molar refractivity (Wildman–Crippen MR) is 94.2 cm³/mol. The maximum atomic E-state index is 12.7. The zero-order valence-corrected chi connectivity index (χ0v) is 14.3. The third-order valence-corrected chi connectivity index (χ3v) is 5.58. The van der Waals surface area contributed by atoms with Gasteiger partial charge in [-0.25, -0.2) is 0 Å². The van der Waals surface area contributed by atoms with E-state index in [-0.39, 0.29) is 5.91 Å². The number of aromatic nitrogens is 1. The minimum atomic E-state index is 0.0257. The first kappa shape index (κ1) is 15.8. The molecule has 24 heavy (non-hydrogen) atoms. The first-order valence-corrected chi connectivity index (χ1v) is 9.38. The van der Waals surface area contributed by atoms with Crippen LogP contribution in [0.2, 0.25) is 0 Å². The Morgan fingerprint density at radius 2 is 2.04 bits per heavy atom. The molecule has 1 aliphatic heterocycles. The van der Waals surface area contributed by atoms with Gasteiger partial charge in [0.25, 0.3) is 5.91 Å². The number of amides is 1. The molecule has 1 saturated carbocycles. The van der Waals surface area contributed by atoms with E-state index >= 15 is 0 Å². The van der Waals surface area contributed by atoms with Crippen molar-refractivity contribution < 1.29 is 9.21 Å². The van der Waals surface area contributed by atoms with Crippen molar-refractivity contribution in [3.05, 3.63) is 24.1 Å². The molecule has 2 aliphatic rings. The van der Waals surface area contributed by atoms with E-state index in [0.717, 1.165) is 36.4 Å². The van der Waals surface area contributed by atoms with Gasteiger partial charge in [0.05, 0.1) is 11.8 Å². The molecule has 0 spiro atoms. The molecule has 0 aromatic carbocycles. The molecular weight excluding hydrogens is 302 g/mol. The molecule has 4 rings (SSSR count). The Kier molecular flexibility index (Phi) is 4.60. The largest absolute Gasteiger partial charge is 0.463 e. The molecule has 1 amide bonds. The summed E-state index contributed by atoms with van der Waals surface area (Å²) in [7, 11) is 0. The first-order chi connectivity index (χ1) is 11.8. The van der Waals surface area contributed by atoms with Crippen LogP contribution in [0.25, 0.3) is 11.1 Å². The Morgan fingerprint density at radius 1 is 1.21 bits per heavy atom. The number of nitrogens with one attached hydrogen (secondary N) is 1. The highest BCUT2D eigenvalue weighted by molar-refractivity contribution is 5.97. The van der Waals surface area contributed by atoms with Gasteiger partial charge in [0.2, 0.25) is 0 Å². The number of piperidine rings is 1. The van der Waals surface area contributed by atoms with Crippen molar-refractivity contribution in [3.63, 3.8) is 0 Å². The number of nitrogens with zero attached hydrogens (tertiary/aromatic N) is 2. The zero-order chi connectivity index (χ0) is 16.4. The molecule has 2 fully saturated rings. The van der Waals surface area contributed by atoms with Crippen LogP contribution in [0.4, 0.5) is 0 Å². The minimum absolute atomic E-state index is 0.0257. The average Bonchev–Trinajstić information content (AvgIpc) is 3.13. The fourth-order valence-corrected chi connectivity index (χ4v) is 3.90. The lowest BCUT2D eigenvalue weighted by Crippen LogP contribution is -2.38. The summed E-state index contributed by atoms with van der Waals surface area (Å²) in [5.41, 5.74) is 2.61. The van der Waals surface area contributed by atoms with Crippen LogP contribution >= 0.6 is 0 Å². The van der Waals surface area contributed by atoms with Crippen LogP contribution in [0, 0.1) is 5.92 Å². The van der Waals surface area contributed by atoms with E-state index in [1.54, 1.807) is 6.26 Å². The van der Waals surface area contributed by atoms with Gasteiger partial charge in [0.1, 0.15) is 5.69 Å². The van der Waals surface area contributed by atoms with Gasteiger partial charge in [-0.2, -0.15) is 0 Å². The SMILES string of the molecule is O=C(NCCN1CCCCC1)c1cc2occc2n1CC1CCC1. The second-order valence-corrected chi connectivity index (χ2v) is 7.27. The van der Waals surface area contributed by atoms with Crippen LogP contribution < -0.4 is 5.32 Å². The molecule has 1 saturated heterocycles. The van der Waals surface area contributed by atoms with E-state index in [1.165, 1.54) is 51.6 Å².